The zero-order valence-electron chi connectivity index (χ0n) is 14.1. The molecule has 1 N–H and O–H groups in total. The summed E-state index contributed by atoms with van der Waals surface area (Å²) in [6, 6.07) is 8.68. The fourth-order valence-corrected chi connectivity index (χ4v) is 2.58. The maximum absolute atomic E-state index is 9.91. The van der Waals surface area contributed by atoms with E-state index in [9.17, 15) is 5.11 Å². The second-order valence-corrected chi connectivity index (χ2v) is 7.24. The lowest BCUT2D eigenvalue weighted by Gasteiger charge is -2.15. The van der Waals surface area contributed by atoms with Crippen LogP contribution in [0.1, 0.15) is 32.0 Å². The SMILES string of the molecule is Cc1ccn2c(N=Nc3cc(Cl)ccc3O)c(C(C)(C)C)nc2c1. The molecule has 24 heavy (non-hydrogen) atoms. The number of fused-ring (bicyclic) bond motifs is 1. The van der Waals surface area contributed by atoms with Crippen LogP contribution >= 0.6 is 11.6 Å². The zero-order chi connectivity index (χ0) is 17.5. The van der Waals surface area contributed by atoms with E-state index in [4.69, 9.17) is 16.6 Å². The molecule has 0 aliphatic rings. The summed E-state index contributed by atoms with van der Waals surface area (Å²) in [5, 5.41) is 19.0. The topological polar surface area (TPSA) is 62.2 Å². The van der Waals surface area contributed by atoms with E-state index in [0.29, 0.717) is 16.5 Å². The van der Waals surface area contributed by atoms with Crippen LogP contribution in [0.3, 0.4) is 0 Å². The van der Waals surface area contributed by atoms with Crippen LogP contribution in [-0.4, -0.2) is 14.5 Å². The van der Waals surface area contributed by atoms with Gasteiger partial charge in [-0.15, -0.1) is 10.2 Å². The molecule has 0 bridgehead atoms. The van der Waals surface area contributed by atoms with Crippen LogP contribution in [0.4, 0.5) is 11.5 Å². The molecule has 0 unspecified atom stereocenters. The van der Waals surface area contributed by atoms with E-state index in [1.165, 1.54) is 6.07 Å². The average Bonchev–Trinajstić information content (AvgIpc) is 2.86. The highest BCUT2D eigenvalue weighted by molar-refractivity contribution is 6.30. The summed E-state index contributed by atoms with van der Waals surface area (Å²) in [4.78, 5) is 4.72. The number of aromatic hydroxyl groups is 1. The molecule has 0 atom stereocenters. The van der Waals surface area contributed by atoms with Crippen molar-refractivity contribution in [2.24, 2.45) is 10.2 Å². The van der Waals surface area contributed by atoms with Gasteiger partial charge in [0, 0.05) is 16.6 Å². The van der Waals surface area contributed by atoms with Crippen molar-refractivity contribution in [2.75, 3.05) is 0 Å². The predicted molar refractivity (Wildman–Crippen MR) is 95.9 cm³/mol. The third-order valence-electron chi connectivity index (χ3n) is 3.66. The lowest BCUT2D eigenvalue weighted by Crippen LogP contribution is -2.11. The number of phenols is 1. The van der Waals surface area contributed by atoms with E-state index in [2.05, 4.69) is 31.0 Å². The summed E-state index contributed by atoms with van der Waals surface area (Å²) in [6.07, 6.45) is 1.93. The summed E-state index contributed by atoms with van der Waals surface area (Å²) in [5.74, 6) is 0.682. The van der Waals surface area contributed by atoms with Crippen molar-refractivity contribution >= 4 is 28.8 Å². The molecular formula is C18H19ClN4O. The Balaban J connectivity index is 2.17. The quantitative estimate of drug-likeness (QED) is 0.606. The molecular weight excluding hydrogens is 324 g/mol. The fraction of sp³-hybridized carbons (Fsp3) is 0.278. The van der Waals surface area contributed by atoms with Crippen LogP contribution in [-0.2, 0) is 5.41 Å². The number of benzene rings is 1. The minimum absolute atomic E-state index is 0.0325. The van der Waals surface area contributed by atoms with Gasteiger partial charge in [-0.2, -0.15) is 0 Å². The Morgan fingerprint density at radius 3 is 2.58 bits per heavy atom. The van der Waals surface area contributed by atoms with Crippen LogP contribution in [0.25, 0.3) is 5.65 Å². The Hall–Kier alpha value is -2.40. The summed E-state index contributed by atoms with van der Waals surface area (Å²) < 4.78 is 1.90. The molecule has 6 heteroatoms. The molecule has 2 aromatic heterocycles. The summed E-state index contributed by atoms with van der Waals surface area (Å²) in [7, 11) is 0. The van der Waals surface area contributed by atoms with Crippen LogP contribution in [0.5, 0.6) is 5.75 Å². The normalized spacial score (nSPS) is 12.4. The average molecular weight is 343 g/mol. The van der Waals surface area contributed by atoms with Crippen LogP contribution in [0.2, 0.25) is 5.02 Å². The van der Waals surface area contributed by atoms with E-state index < -0.39 is 0 Å². The van der Waals surface area contributed by atoms with E-state index in [1.54, 1.807) is 12.1 Å². The van der Waals surface area contributed by atoms with Gasteiger partial charge in [-0.1, -0.05) is 32.4 Å². The van der Waals surface area contributed by atoms with Crippen LogP contribution < -0.4 is 0 Å². The first kappa shape index (κ1) is 16.5. The highest BCUT2D eigenvalue weighted by atomic mass is 35.5. The van der Waals surface area contributed by atoms with Crippen LogP contribution in [0, 0.1) is 6.92 Å². The molecule has 0 saturated heterocycles. The minimum Gasteiger partial charge on any atom is -0.506 e. The van der Waals surface area contributed by atoms with Crippen LogP contribution in [0.15, 0.2) is 46.8 Å². The first-order chi connectivity index (χ1) is 11.3. The predicted octanol–water partition coefficient (Wildman–Crippen LogP) is 5.71. The number of imidazole rings is 1. The van der Waals surface area contributed by atoms with Crippen molar-refractivity contribution in [3.05, 3.63) is 52.8 Å². The standard InChI is InChI=1S/C18H19ClN4O/c1-11-7-8-23-15(9-11)20-16(18(2,3)4)17(23)22-21-13-10-12(19)5-6-14(13)24/h5-10,24H,1-4H3. The smallest absolute Gasteiger partial charge is 0.183 e. The second-order valence-electron chi connectivity index (χ2n) is 6.80. The molecule has 1 aromatic carbocycles. The van der Waals surface area contributed by atoms with E-state index in [0.717, 1.165) is 16.9 Å². The Kier molecular flexibility index (Phi) is 4.05. The van der Waals surface area contributed by atoms with Gasteiger partial charge in [-0.25, -0.2) is 4.98 Å². The van der Waals surface area contributed by atoms with Gasteiger partial charge >= 0.3 is 0 Å². The van der Waals surface area contributed by atoms with Gasteiger partial charge in [-0.3, -0.25) is 4.40 Å². The molecule has 124 valence electrons. The zero-order valence-corrected chi connectivity index (χ0v) is 14.8. The Morgan fingerprint density at radius 1 is 1.12 bits per heavy atom. The van der Waals surface area contributed by atoms with E-state index >= 15 is 0 Å². The molecule has 0 amide bonds. The monoisotopic (exact) mass is 342 g/mol. The molecule has 5 nitrogen and oxygen atoms in total. The molecule has 3 rings (SSSR count). The van der Waals surface area contributed by atoms with Gasteiger partial charge in [0.1, 0.15) is 17.1 Å². The molecule has 0 radical (unpaired) electrons. The summed E-state index contributed by atoms with van der Waals surface area (Å²) in [6.45, 7) is 8.27. The van der Waals surface area contributed by atoms with Crippen molar-refractivity contribution in [3.8, 4) is 5.75 Å². The number of pyridine rings is 1. The molecule has 2 heterocycles. The van der Waals surface area contributed by atoms with Crippen molar-refractivity contribution < 1.29 is 5.11 Å². The third-order valence-corrected chi connectivity index (χ3v) is 3.89. The molecule has 3 aromatic rings. The lowest BCUT2D eigenvalue weighted by molar-refractivity contribution is 0.476. The molecule has 0 aliphatic carbocycles. The second kappa shape index (κ2) is 5.91. The number of azo groups is 1. The number of aromatic nitrogens is 2. The number of halogens is 1. The Morgan fingerprint density at radius 2 is 1.88 bits per heavy atom. The molecule has 0 saturated carbocycles. The number of nitrogens with zero attached hydrogens (tertiary/aromatic N) is 4. The van der Waals surface area contributed by atoms with E-state index in [-0.39, 0.29) is 11.2 Å². The van der Waals surface area contributed by atoms with Crippen molar-refractivity contribution in [2.45, 2.75) is 33.1 Å². The fourth-order valence-electron chi connectivity index (χ4n) is 2.41. The number of hydrogen-bond acceptors (Lipinski definition) is 4. The summed E-state index contributed by atoms with van der Waals surface area (Å²) >= 11 is 5.96. The first-order valence-electron chi connectivity index (χ1n) is 7.65. The van der Waals surface area contributed by atoms with Gasteiger partial charge in [0.15, 0.2) is 5.82 Å². The molecule has 0 spiro atoms. The summed E-state index contributed by atoms with van der Waals surface area (Å²) in [5.41, 5.74) is 2.93. The first-order valence-corrected chi connectivity index (χ1v) is 8.03. The number of rotatable bonds is 2. The number of hydrogen-bond donors (Lipinski definition) is 1. The van der Waals surface area contributed by atoms with Gasteiger partial charge in [0.25, 0.3) is 0 Å². The largest absolute Gasteiger partial charge is 0.506 e. The maximum Gasteiger partial charge on any atom is 0.183 e. The van der Waals surface area contributed by atoms with Crippen molar-refractivity contribution in [1.29, 1.82) is 0 Å². The van der Waals surface area contributed by atoms with Crippen molar-refractivity contribution in [1.82, 2.24) is 9.38 Å². The Labute approximate surface area is 145 Å². The highest BCUT2D eigenvalue weighted by Crippen LogP contribution is 2.35. The minimum atomic E-state index is -0.190. The van der Waals surface area contributed by atoms with Gasteiger partial charge < -0.3 is 5.11 Å². The maximum atomic E-state index is 9.91. The lowest BCUT2D eigenvalue weighted by atomic mass is 9.92. The van der Waals surface area contributed by atoms with Crippen molar-refractivity contribution in [3.63, 3.8) is 0 Å². The molecule has 0 aliphatic heterocycles. The van der Waals surface area contributed by atoms with E-state index in [1.807, 2.05) is 29.7 Å². The highest BCUT2D eigenvalue weighted by Gasteiger charge is 2.24. The van der Waals surface area contributed by atoms with Gasteiger partial charge in [-0.05, 0) is 42.8 Å². The third kappa shape index (κ3) is 3.12. The Bertz CT molecular complexity index is 938. The number of aryl methyl sites for hydroxylation is 1. The van der Waals surface area contributed by atoms with Gasteiger partial charge in [0.2, 0.25) is 0 Å². The van der Waals surface area contributed by atoms with Gasteiger partial charge in [0.05, 0.1) is 5.69 Å². The molecule has 0 fully saturated rings. The number of phenolic OH excluding ortho intramolecular Hbond substituents is 1.